The smallest absolute Gasteiger partial charge is 0.261 e. The van der Waals surface area contributed by atoms with Crippen LogP contribution in [0.25, 0.3) is 10.4 Å². The summed E-state index contributed by atoms with van der Waals surface area (Å²) >= 11 is 4.84. The Bertz CT molecular complexity index is 563. The number of aliphatic hydroxyl groups excluding tert-OH is 1. The van der Waals surface area contributed by atoms with E-state index in [9.17, 15) is 4.79 Å². The van der Waals surface area contributed by atoms with Gasteiger partial charge in [0.15, 0.2) is 0 Å². The summed E-state index contributed by atoms with van der Waals surface area (Å²) in [4.78, 5) is 13.5. The van der Waals surface area contributed by atoms with Gasteiger partial charge < -0.3 is 10.4 Å². The van der Waals surface area contributed by atoms with E-state index in [0.29, 0.717) is 4.88 Å². The van der Waals surface area contributed by atoms with Gasteiger partial charge in [0.1, 0.15) is 0 Å². The van der Waals surface area contributed by atoms with Crippen LogP contribution in [0.1, 0.15) is 16.6 Å². The Morgan fingerprint density at radius 3 is 2.63 bits per heavy atom. The van der Waals surface area contributed by atoms with Gasteiger partial charge in [0.25, 0.3) is 5.91 Å². The molecule has 0 aliphatic heterocycles. The monoisotopic (exact) mass is 339 g/mol. The van der Waals surface area contributed by atoms with Crippen molar-refractivity contribution in [3.63, 3.8) is 0 Å². The molecule has 0 fully saturated rings. The number of rotatable bonds is 4. The predicted molar refractivity (Wildman–Crippen MR) is 81.5 cm³/mol. The van der Waals surface area contributed by atoms with Gasteiger partial charge in [-0.15, -0.1) is 11.3 Å². The lowest BCUT2D eigenvalue weighted by molar-refractivity contribution is 0.0928. The molecule has 1 aromatic carbocycles. The Morgan fingerprint density at radius 2 is 2.00 bits per heavy atom. The Morgan fingerprint density at radius 1 is 1.32 bits per heavy atom. The highest BCUT2D eigenvalue weighted by Crippen LogP contribution is 2.29. The summed E-state index contributed by atoms with van der Waals surface area (Å²) in [5, 5.41) is 11.8. The molecule has 0 radical (unpaired) electrons. The number of benzene rings is 1. The second kappa shape index (κ2) is 6.32. The summed E-state index contributed by atoms with van der Waals surface area (Å²) in [6.45, 7) is 1.91. The number of carbonyl (C=O) groups is 1. The van der Waals surface area contributed by atoms with Crippen LogP contribution in [0.15, 0.2) is 40.9 Å². The van der Waals surface area contributed by atoms with Crippen LogP contribution in [0.5, 0.6) is 0 Å². The maximum Gasteiger partial charge on any atom is 0.261 e. The molecule has 19 heavy (non-hydrogen) atoms. The van der Waals surface area contributed by atoms with Crippen LogP contribution < -0.4 is 5.32 Å². The van der Waals surface area contributed by atoms with Crippen molar-refractivity contribution in [3.8, 4) is 10.4 Å². The van der Waals surface area contributed by atoms with Crippen LogP contribution in [-0.2, 0) is 0 Å². The zero-order chi connectivity index (χ0) is 13.8. The van der Waals surface area contributed by atoms with Gasteiger partial charge in [-0.2, -0.15) is 0 Å². The first-order valence-electron chi connectivity index (χ1n) is 5.88. The van der Waals surface area contributed by atoms with Crippen LogP contribution in [0.3, 0.4) is 0 Å². The van der Waals surface area contributed by atoms with Gasteiger partial charge in [-0.25, -0.2) is 0 Å². The summed E-state index contributed by atoms with van der Waals surface area (Å²) in [6, 6.07) is 11.7. The van der Waals surface area contributed by atoms with Crippen LogP contribution in [0.4, 0.5) is 0 Å². The Balaban J connectivity index is 2.10. The summed E-state index contributed by atoms with van der Waals surface area (Å²) in [6.07, 6.45) is -0.533. The number of hydrogen-bond acceptors (Lipinski definition) is 3. The van der Waals surface area contributed by atoms with Gasteiger partial charge in [0.2, 0.25) is 0 Å². The maximum absolute atomic E-state index is 11.8. The SMILES string of the molecule is CC(O)CNC(=O)c1ccc(-c2ccc(Br)cc2)s1. The lowest BCUT2D eigenvalue weighted by Crippen LogP contribution is -2.29. The lowest BCUT2D eigenvalue weighted by atomic mass is 10.2. The lowest BCUT2D eigenvalue weighted by Gasteiger charge is -2.05. The normalized spacial score (nSPS) is 12.2. The minimum absolute atomic E-state index is 0.144. The number of halogens is 1. The second-order valence-corrected chi connectivity index (χ2v) is 6.23. The second-order valence-electron chi connectivity index (χ2n) is 4.23. The van der Waals surface area contributed by atoms with Crippen molar-refractivity contribution in [2.75, 3.05) is 6.54 Å². The summed E-state index contributed by atoms with van der Waals surface area (Å²) in [7, 11) is 0. The van der Waals surface area contributed by atoms with E-state index >= 15 is 0 Å². The third-order valence-electron chi connectivity index (χ3n) is 2.52. The molecule has 100 valence electrons. The van der Waals surface area contributed by atoms with Crippen molar-refractivity contribution in [2.45, 2.75) is 13.0 Å². The van der Waals surface area contributed by atoms with Crippen LogP contribution in [-0.4, -0.2) is 23.7 Å². The van der Waals surface area contributed by atoms with Crippen LogP contribution >= 0.6 is 27.3 Å². The Labute approximate surface area is 124 Å². The Kier molecular flexibility index (Phi) is 4.74. The summed E-state index contributed by atoms with van der Waals surface area (Å²) < 4.78 is 1.03. The number of nitrogens with one attached hydrogen (secondary N) is 1. The van der Waals surface area contributed by atoms with Crippen molar-refractivity contribution >= 4 is 33.2 Å². The first-order valence-corrected chi connectivity index (χ1v) is 7.49. The molecule has 0 aliphatic rings. The number of thiophene rings is 1. The minimum atomic E-state index is -0.533. The molecule has 2 aromatic rings. The van der Waals surface area contributed by atoms with Gasteiger partial charge >= 0.3 is 0 Å². The topological polar surface area (TPSA) is 49.3 Å². The molecule has 1 aromatic heterocycles. The molecule has 1 amide bonds. The molecular weight excluding hydrogens is 326 g/mol. The van der Waals surface area contributed by atoms with E-state index < -0.39 is 6.10 Å². The maximum atomic E-state index is 11.8. The average Bonchev–Trinajstić information content (AvgIpc) is 2.86. The minimum Gasteiger partial charge on any atom is -0.392 e. The number of aliphatic hydroxyl groups is 1. The molecule has 1 unspecified atom stereocenters. The predicted octanol–water partition coefficient (Wildman–Crippen LogP) is 3.29. The molecule has 0 saturated heterocycles. The molecule has 3 nitrogen and oxygen atoms in total. The van der Waals surface area contributed by atoms with Crippen LogP contribution in [0.2, 0.25) is 0 Å². The quantitative estimate of drug-likeness (QED) is 0.897. The molecule has 1 heterocycles. The molecule has 0 saturated carbocycles. The number of hydrogen-bond donors (Lipinski definition) is 2. The molecule has 0 aliphatic carbocycles. The first-order chi connectivity index (χ1) is 9.06. The molecule has 0 spiro atoms. The van der Waals surface area contributed by atoms with Gasteiger partial charge in [-0.1, -0.05) is 28.1 Å². The summed E-state index contributed by atoms with van der Waals surface area (Å²) in [5.41, 5.74) is 1.09. The molecule has 0 bridgehead atoms. The Hall–Kier alpha value is -1.17. The van der Waals surface area contributed by atoms with Crippen molar-refractivity contribution < 1.29 is 9.90 Å². The van der Waals surface area contributed by atoms with E-state index in [0.717, 1.165) is 14.9 Å². The van der Waals surface area contributed by atoms with Crippen molar-refractivity contribution in [1.82, 2.24) is 5.32 Å². The zero-order valence-electron chi connectivity index (χ0n) is 10.4. The molecule has 2 rings (SSSR count). The first kappa shape index (κ1) is 14.2. The highest BCUT2D eigenvalue weighted by molar-refractivity contribution is 9.10. The van der Waals surface area contributed by atoms with Crippen molar-refractivity contribution in [1.29, 1.82) is 0 Å². The van der Waals surface area contributed by atoms with E-state index in [2.05, 4.69) is 21.2 Å². The number of amides is 1. The molecule has 5 heteroatoms. The fourth-order valence-electron chi connectivity index (χ4n) is 1.56. The molecule has 2 N–H and O–H groups in total. The fourth-order valence-corrected chi connectivity index (χ4v) is 2.75. The highest BCUT2D eigenvalue weighted by atomic mass is 79.9. The summed E-state index contributed by atoms with van der Waals surface area (Å²) in [5.74, 6) is -0.144. The van der Waals surface area contributed by atoms with E-state index in [-0.39, 0.29) is 12.5 Å². The van der Waals surface area contributed by atoms with Gasteiger partial charge in [-0.05, 0) is 36.8 Å². The third kappa shape index (κ3) is 3.89. The van der Waals surface area contributed by atoms with Crippen molar-refractivity contribution in [3.05, 3.63) is 45.7 Å². The largest absolute Gasteiger partial charge is 0.392 e. The average molecular weight is 340 g/mol. The van der Waals surface area contributed by atoms with E-state index in [4.69, 9.17) is 5.11 Å². The third-order valence-corrected chi connectivity index (χ3v) is 4.18. The standard InChI is InChI=1S/C14H14BrNO2S/c1-9(17)8-16-14(18)13-7-6-12(19-13)10-2-4-11(15)5-3-10/h2-7,9,17H,8H2,1H3,(H,16,18). The van der Waals surface area contributed by atoms with E-state index in [1.54, 1.807) is 13.0 Å². The molecular formula is C14H14BrNO2S. The van der Waals surface area contributed by atoms with E-state index in [1.165, 1.54) is 11.3 Å². The van der Waals surface area contributed by atoms with Gasteiger partial charge in [-0.3, -0.25) is 4.79 Å². The van der Waals surface area contributed by atoms with E-state index in [1.807, 2.05) is 30.3 Å². The van der Waals surface area contributed by atoms with Gasteiger partial charge in [0, 0.05) is 15.9 Å². The fraction of sp³-hybridized carbons (Fsp3) is 0.214. The van der Waals surface area contributed by atoms with Crippen molar-refractivity contribution in [2.24, 2.45) is 0 Å². The van der Waals surface area contributed by atoms with Crippen LogP contribution in [0, 0.1) is 0 Å². The number of carbonyl (C=O) groups excluding carboxylic acids is 1. The van der Waals surface area contributed by atoms with Gasteiger partial charge in [0.05, 0.1) is 11.0 Å². The zero-order valence-corrected chi connectivity index (χ0v) is 12.8. The highest BCUT2D eigenvalue weighted by Gasteiger charge is 2.10. The molecule has 1 atom stereocenters.